The molecule has 3 aromatic rings. The van der Waals surface area contributed by atoms with Gasteiger partial charge in [0.05, 0.1) is 11.7 Å². The van der Waals surface area contributed by atoms with E-state index < -0.39 is 0 Å². The lowest BCUT2D eigenvalue weighted by atomic mass is 9.97. The minimum absolute atomic E-state index is 0.122. The molecule has 0 atom stereocenters. The van der Waals surface area contributed by atoms with Crippen LogP contribution in [0.3, 0.4) is 0 Å². The van der Waals surface area contributed by atoms with Crippen LogP contribution in [0, 0.1) is 22.7 Å². The highest BCUT2D eigenvalue weighted by Crippen LogP contribution is 2.37. The molecule has 31 heavy (non-hydrogen) atoms. The molecule has 0 radical (unpaired) electrons. The van der Waals surface area contributed by atoms with Gasteiger partial charge in [-0.1, -0.05) is 18.2 Å². The summed E-state index contributed by atoms with van der Waals surface area (Å²) in [4.78, 5) is 8.47. The lowest BCUT2D eigenvalue weighted by Crippen LogP contribution is -2.10. The normalized spacial score (nSPS) is 13.5. The molecule has 1 fully saturated rings. The van der Waals surface area contributed by atoms with Gasteiger partial charge in [0.25, 0.3) is 0 Å². The molecule has 0 aliphatic heterocycles. The third kappa shape index (κ3) is 4.63. The summed E-state index contributed by atoms with van der Waals surface area (Å²) in [6.45, 7) is 0. The summed E-state index contributed by atoms with van der Waals surface area (Å²) in [7, 11) is 0. The van der Waals surface area contributed by atoms with Crippen LogP contribution in [0.15, 0.2) is 53.8 Å². The third-order valence-electron chi connectivity index (χ3n) is 5.26. The average molecular weight is 428 g/mol. The molecule has 0 unspecified atom stereocenters. The molecule has 2 N–H and O–H groups in total. The molecule has 2 heterocycles. The number of thioether (sulfide) groups is 1. The highest BCUT2D eigenvalue weighted by molar-refractivity contribution is 7.98. The summed E-state index contributed by atoms with van der Waals surface area (Å²) in [5.74, 6) is 1.51. The fourth-order valence-electron chi connectivity index (χ4n) is 3.73. The molecule has 0 bridgehead atoms. The lowest BCUT2D eigenvalue weighted by molar-refractivity contribution is 0.210. The number of hydrogen-bond acceptors (Lipinski definition) is 7. The number of nitrogens with two attached hydrogens (primary N) is 1. The molecule has 6 nitrogen and oxygen atoms in total. The largest absolute Gasteiger partial charge is 0.490 e. The van der Waals surface area contributed by atoms with Crippen LogP contribution in [0.1, 0.15) is 42.4 Å². The second-order valence-corrected chi connectivity index (χ2v) is 8.31. The second-order valence-electron chi connectivity index (χ2n) is 7.35. The van der Waals surface area contributed by atoms with Crippen molar-refractivity contribution in [3.8, 4) is 29.0 Å². The minimum Gasteiger partial charge on any atom is -0.490 e. The quantitative estimate of drug-likeness (QED) is 0.546. The van der Waals surface area contributed by atoms with E-state index in [-0.39, 0.29) is 17.5 Å². The van der Waals surface area contributed by atoms with Crippen molar-refractivity contribution in [2.24, 2.45) is 0 Å². The first-order valence-electron chi connectivity index (χ1n) is 10.1. The molecular weight excluding hydrogens is 406 g/mol. The van der Waals surface area contributed by atoms with E-state index in [4.69, 9.17) is 10.5 Å². The topological polar surface area (TPSA) is 109 Å². The molecule has 1 aliphatic rings. The molecule has 2 aromatic heterocycles. The van der Waals surface area contributed by atoms with Gasteiger partial charge in [0.2, 0.25) is 0 Å². The first kappa shape index (κ1) is 20.7. The Bertz CT molecular complexity index is 1140. The minimum atomic E-state index is 0.122. The molecule has 1 saturated carbocycles. The van der Waals surface area contributed by atoms with Crippen LogP contribution in [0.25, 0.3) is 11.1 Å². The number of nitrogens with zero attached hydrogens (tertiary/aromatic N) is 4. The van der Waals surface area contributed by atoms with Crippen LogP contribution >= 0.6 is 11.8 Å². The van der Waals surface area contributed by atoms with Gasteiger partial charge in [-0.05, 0) is 55.0 Å². The predicted molar refractivity (Wildman–Crippen MR) is 120 cm³/mol. The zero-order chi connectivity index (χ0) is 21.6. The number of ether oxygens (including phenoxy) is 1. The Morgan fingerprint density at radius 1 is 1.06 bits per heavy atom. The monoisotopic (exact) mass is 427 g/mol. The van der Waals surface area contributed by atoms with Gasteiger partial charge in [0.15, 0.2) is 0 Å². The molecule has 154 valence electrons. The number of anilines is 1. The van der Waals surface area contributed by atoms with Crippen LogP contribution in [0.4, 0.5) is 5.82 Å². The van der Waals surface area contributed by atoms with Gasteiger partial charge < -0.3 is 10.5 Å². The summed E-state index contributed by atoms with van der Waals surface area (Å²) in [5.41, 5.74) is 8.94. The maximum Gasteiger partial charge on any atom is 0.143 e. The van der Waals surface area contributed by atoms with E-state index in [1.165, 1.54) is 24.6 Å². The zero-order valence-electron chi connectivity index (χ0n) is 16.9. The lowest BCUT2D eigenvalue weighted by Gasteiger charge is -2.15. The smallest absolute Gasteiger partial charge is 0.143 e. The van der Waals surface area contributed by atoms with E-state index in [0.717, 1.165) is 29.7 Å². The molecule has 7 heteroatoms. The van der Waals surface area contributed by atoms with Gasteiger partial charge in [-0.15, -0.1) is 11.8 Å². The van der Waals surface area contributed by atoms with Crippen molar-refractivity contribution in [3.63, 3.8) is 0 Å². The first-order chi connectivity index (χ1) is 15.2. The number of pyridine rings is 2. The molecular formula is C24H21N5OS. The van der Waals surface area contributed by atoms with E-state index in [1.807, 2.05) is 36.4 Å². The Balaban J connectivity index is 1.67. The number of rotatable bonds is 6. The Kier molecular flexibility index (Phi) is 6.35. The SMILES string of the molecule is N#Cc1c(N)nc(SCc2cccnc2)c(C#N)c1-c1ccc(OC2CCCC2)cc1. The van der Waals surface area contributed by atoms with Gasteiger partial charge in [0, 0.05) is 23.7 Å². The standard InChI is InChI=1S/C24H21N5OS/c25-12-20-22(17-7-9-19(10-8-17)30-18-5-1-2-6-18)21(13-26)24(29-23(20)27)31-15-16-4-3-11-28-14-16/h3-4,7-11,14,18H,1-2,5-6,15H2,(H2,27,29). The van der Waals surface area contributed by atoms with Gasteiger partial charge in [-0.25, -0.2) is 4.98 Å². The summed E-state index contributed by atoms with van der Waals surface area (Å²) in [6.07, 6.45) is 8.32. The van der Waals surface area contributed by atoms with E-state index in [2.05, 4.69) is 22.1 Å². The van der Waals surface area contributed by atoms with E-state index in [9.17, 15) is 10.5 Å². The summed E-state index contributed by atoms with van der Waals surface area (Å²) in [6, 6.07) is 15.7. The van der Waals surface area contributed by atoms with E-state index in [0.29, 0.717) is 21.9 Å². The zero-order valence-corrected chi connectivity index (χ0v) is 17.7. The van der Waals surface area contributed by atoms with Crippen LogP contribution < -0.4 is 10.5 Å². The predicted octanol–water partition coefficient (Wildman–Crippen LogP) is 5.08. The van der Waals surface area contributed by atoms with Crippen molar-refractivity contribution in [1.29, 1.82) is 10.5 Å². The number of nitriles is 2. The van der Waals surface area contributed by atoms with Crippen LogP contribution in [0.5, 0.6) is 5.75 Å². The molecule has 0 saturated heterocycles. The summed E-state index contributed by atoms with van der Waals surface area (Å²) < 4.78 is 6.04. The highest BCUT2D eigenvalue weighted by Gasteiger charge is 2.21. The fourth-order valence-corrected chi connectivity index (χ4v) is 4.65. The first-order valence-corrected chi connectivity index (χ1v) is 11.1. The number of benzene rings is 1. The Hall–Kier alpha value is -3.55. The maximum atomic E-state index is 9.92. The Labute approximate surface area is 185 Å². The number of hydrogen-bond donors (Lipinski definition) is 1. The van der Waals surface area contributed by atoms with E-state index in [1.54, 1.807) is 12.4 Å². The van der Waals surface area contributed by atoms with Gasteiger partial charge in [-0.2, -0.15) is 10.5 Å². The maximum absolute atomic E-state index is 9.92. The third-order valence-corrected chi connectivity index (χ3v) is 6.31. The van der Waals surface area contributed by atoms with Gasteiger partial charge in [0.1, 0.15) is 34.3 Å². The molecule has 1 aliphatic carbocycles. The van der Waals surface area contributed by atoms with Crippen molar-refractivity contribution >= 4 is 17.6 Å². The van der Waals surface area contributed by atoms with Crippen LogP contribution in [-0.4, -0.2) is 16.1 Å². The molecule has 0 amide bonds. The van der Waals surface area contributed by atoms with Gasteiger partial charge in [-0.3, -0.25) is 4.98 Å². The number of aromatic nitrogens is 2. The van der Waals surface area contributed by atoms with Gasteiger partial charge >= 0.3 is 0 Å². The van der Waals surface area contributed by atoms with Crippen molar-refractivity contribution in [1.82, 2.24) is 9.97 Å². The summed E-state index contributed by atoms with van der Waals surface area (Å²) in [5, 5.41) is 20.1. The Morgan fingerprint density at radius 2 is 1.81 bits per heavy atom. The molecule has 0 spiro atoms. The fraction of sp³-hybridized carbons (Fsp3) is 0.250. The Morgan fingerprint density at radius 3 is 2.45 bits per heavy atom. The highest BCUT2D eigenvalue weighted by atomic mass is 32.2. The van der Waals surface area contributed by atoms with Crippen LogP contribution in [-0.2, 0) is 5.75 Å². The van der Waals surface area contributed by atoms with Crippen molar-refractivity contribution < 1.29 is 4.74 Å². The molecule has 4 rings (SSSR count). The van der Waals surface area contributed by atoms with Crippen molar-refractivity contribution in [2.45, 2.75) is 42.6 Å². The second kappa shape index (κ2) is 9.51. The molecule has 1 aromatic carbocycles. The number of nitrogen functional groups attached to an aromatic ring is 1. The summed E-state index contributed by atoms with van der Waals surface area (Å²) >= 11 is 1.40. The van der Waals surface area contributed by atoms with Crippen molar-refractivity contribution in [2.75, 3.05) is 5.73 Å². The van der Waals surface area contributed by atoms with Crippen LogP contribution in [0.2, 0.25) is 0 Å². The van der Waals surface area contributed by atoms with E-state index >= 15 is 0 Å². The van der Waals surface area contributed by atoms with Crippen molar-refractivity contribution in [3.05, 3.63) is 65.5 Å². The average Bonchev–Trinajstić information content (AvgIpc) is 3.31.